The first-order valence-electron chi connectivity index (χ1n) is 12.7. The van der Waals surface area contributed by atoms with Crippen LogP contribution in [0.2, 0.25) is 0 Å². The highest BCUT2D eigenvalue weighted by Crippen LogP contribution is 2.49. The third-order valence-electron chi connectivity index (χ3n) is 7.41. The number of hydrogen-bond donors (Lipinski definition) is 0. The van der Waals surface area contributed by atoms with E-state index in [1.807, 2.05) is 30.5 Å². The van der Waals surface area contributed by atoms with Crippen LogP contribution in [0.4, 0.5) is 11.5 Å². The largest absolute Gasteiger partial charge is 0.278 e. The first kappa shape index (κ1) is 23.6. The van der Waals surface area contributed by atoms with Crippen molar-refractivity contribution in [2.24, 2.45) is 4.99 Å². The maximum Gasteiger partial charge on any atom is 0.142 e. The first-order valence-corrected chi connectivity index (χ1v) is 12.7. The van der Waals surface area contributed by atoms with E-state index in [4.69, 9.17) is 4.98 Å². The summed E-state index contributed by atoms with van der Waals surface area (Å²) in [6.45, 7) is 12.4. The molecule has 0 spiro atoms. The van der Waals surface area contributed by atoms with Gasteiger partial charge >= 0.3 is 0 Å². The maximum atomic E-state index is 4.86. The molecule has 0 fully saturated rings. The van der Waals surface area contributed by atoms with E-state index in [1.54, 1.807) is 6.20 Å². The van der Waals surface area contributed by atoms with E-state index in [-0.39, 0.29) is 5.41 Å². The number of pyridine rings is 2. The molecule has 1 aliphatic heterocycles. The fourth-order valence-corrected chi connectivity index (χ4v) is 5.37. The van der Waals surface area contributed by atoms with Gasteiger partial charge in [-0.3, -0.25) is 9.88 Å². The highest BCUT2D eigenvalue weighted by molar-refractivity contribution is 5.87. The number of nitrogens with zero attached hydrogens (tertiary/aromatic N) is 4. The van der Waals surface area contributed by atoms with Gasteiger partial charge in [0.15, 0.2) is 0 Å². The Balaban J connectivity index is 1.42. The van der Waals surface area contributed by atoms with Crippen molar-refractivity contribution in [1.29, 1.82) is 0 Å². The average Bonchev–Trinajstić information content (AvgIpc) is 2.97. The second-order valence-corrected chi connectivity index (χ2v) is 9.97. The summed E-state index contributed by atoms with van der Waals surface area (Å²) >= 11 is 0. The Bertz CT molecular complexity index is 1710. The molecule has 0 saturated heterocycles. The molecule has 0 aliphatic carbocycles. The molecule has 4 heteroatoms. The van der Waals surface area contributed by atoms with Crippen molar-refractivity contribution in [1.82, 2.24) is 9.97 Å². The van der Waals surface area contributed by atoms with Crippen LogP contribution in [0.15, 0.2) is 132 Å². The van der Waals surface area contributed by atoms with E-state index in [9.17, 15) is 0 Å². The normalized spacial score (nSPS) is 14.3. The summed E-state index contributed by atoms with van der Waals surface area (Å²) in [5.41, 5.74) is 7.09. The van der Waals surface area contributed by atoms with Crippen LogP contribution >= 0.6 is 0 Å². The predicted octanol–water partition coefficient (Wildman–Crippen LogP) is 8.49. The molecule has 0 unspecified atom stereocenters. The van der Waals surface area contributed by atoms with Crippen LogP contribution in [0.1, 0.15) is 19.4 Å². The van der Waals surface area contributed by atoms with Gasteiger partial charge in [-0.05, 0) is 65.0 Å². The minimum absolute atomic E-state index is 0.333. The predicted molar refractivity (Wildman–Crippen MR) is 159 cm³/mol. The molecule has 0 atom stereocenters. The zero-order valence-electron chi connectivity index (χ0n) is 21.6. The summed E-state index contributed by atoms with van der Waals surface area (Å²) in [5, 5.41) is 2.46. The SMILES string of the molecule is C=CC1=C(N=C)N(c2ccccn2)c2ccc(-c3ccc(-c4ccc5ccccc5c4)cn3)cc2C1(C)C. The molecule has 3 heterocycles. The molecule has 38 heavy (non-hydrogen) atoms. The van der Waals surface area contributed by atoms with Crippen molar-refractivity contribution in [2.45, 2.75) is 19.3 Å². The molecule has 4 nitrogen and oxygen atoms in total. The molecular weight excluding hydrogens is 464 g/mol. The molecule has 184 valence electrons. The van der Waals surface area contributed by atoms with Crippen molar-refractivity contribution in [3.8, 4) is 22.4 Å². The van der Waals surface area contributed by atoms with Crippen LogP contribution in [-0.4, -0.2) is 16.7 Å². The third-order valence-corrected chi connectivity index (χ3v) is 7.41. The van der Waals surface area contributed by atoms with Crippen molar-refractivity contribution < 1.29 is 0 Å². The maximum absolute atomic E-state index is 4.86. The van der Waals surface area contributed by atoms with Crippen LogP contribution in [0.3, 0.4) is 0 Å². The van der Waals surface area contributed by atoms with E-state index in [0.29, 0.717) is 0 Å². The van der Waals surface area contributed by atoms with Gasteiger partial charge < -0.3 is 0 Å². The fraction of sp³-hybridized carbons (Fsp3) is 0.0882. The molecule has 0 N–H and O–H groups in total. The molecule has 2 aromatic heterocycles. The zero-order valence-corrected chi connectivity index (χ0v) is 21.6. The Hall–Kier alpha value is -4.83. The van der Waals surface area contributed by atoms with Crippen molar-refractivity contribution in [2.75, 3.05) is 4.90 Å². The first-order chi connectivity index (χ1) is 18.5. The molecule has 0 radical (unpaired) electrons. The van der Waals surface area contributed by atoms with Crippen LogP contribution in [0, 0.1) is 0 Å². The highest BCUT2D eigenvalue weighted by atomic mass is 15.3. The average molecular weight is 493 g/mol. The monoisotopic (exact) mass is 492 g/mol. The summed E-state index contributed by atoms with van der Waals surface area (Å²) < 4.78 is 0. The number of hydrogen-bond acceptors (Lipinski definition) is 4. The van der Waals surface area contributed by atoms with E-state index in [2.05, 4.69) is 115 Å². The summed E-state index contributed by atoms with van der Waals surface area (Å²) in [6, 6.07) is 31.5. The lowest BCUT2D eigenvalue weighted by Gasteiger charge is -2.41. The van der Waals surface area contributed by atoms with Gasteiger partial charge in [-0.15, -0.1) is 0 Å². The van der Waals surface area contributed by atoms with E-state index in [0.717, 1.165) is 50.8 Å². The molecule has 1 aliphatic rings. The Kier molecular flexibility index (Phi) is 5.73. The van der Waals surface area contributed by atoms with Crippen molar-refractivity contribution in [3.05, 3.63) is 133 Å². The van der Waals surface area contributed by atoms with Gasteiger partial charge in [0.05, 0.1) is 11.4 Å². The number of benzene rings is 3. The molecular formula is C34H28N4. The van der Waals surface area contributed by atoms with E-state index >= 15 is 0 Å². The molecule has 3 aromatic carbocycles. The van der Waals surface area contributed by atoms with Gasteiger partial charge in [0.25, 0.3) is 0 Å². The van der Waals surface area contributed by atoms with Gasteiger partial charge in [0, 0.05) is 34.5 Å². The molecule has 0 saturated carbocycles. The van der Waals surface area contributed by atoms with Gasteiger partial charge in [-0.25, -0.2) is 9.98 Å². The molecule has 5 aromatic rings. The van der Waals surface area contributed by atoms with Gasteiger partial charge in [0.2, 0.25) is 0 Å². The Morgan fingerprint density at radius 3 is 2.26 bits per heavy atom. The second kappa shape index (κ2) is 9.24. The lowest BCUT2D eigenvalue weighted by Crippen LogP contribution is -2.33. The zero-order chi connectivity index (χ0) is 26.3. The quantitative estimate of drug-likeness (QED) is 0.231. The van der Waals surface area contributed by atoms with Crippen molar-refractivity contribution >= 4 is 29.0 Å². The van der Waals surface area contributed by atoms with Crippen molar-refractivity contribution in [3.63, 3.8) is 0 Å². The van der Waals surface area contributed by atoms with Crippen LogP contribution in [0.25, 0.3) is 33.2 Å². The smallest absolute Gasteiger partial charge is 0.142 e. The Labute approximate surface area is 223 Å². The van der Waals surface area contributed by atoms with E-state index < -0.39 is 0 Å². The Morgan fingerprint density at radius 2 is 1.55 bits per heavy atom. The standard InChI is InChI=1S/C34H28N4/c1-5-28-33(35-4)38(32-12-8-9-19-36-32)31-18-16-26(21-29(31)34(28,2)3)30-17-15-27(22-37-30)25-14-13-23-10-6-7-11-24(23)20-25/h5-22H,1,4H2,2-3H3. The lowest BCUT2D eigenvalue weighted by atomic mass is 9.73. The third kappa shape index (κ3) is 3.82. The minimum atomic E-state index is -0.333. The number of aliphatic imine (C=N–C) groups is 1. The number of fused-ring (bicyclic) bond motifs is 2. The fourth-order valence-electron chi connectivity index (χ4n) is 5.37. The molecule has 0 amide bonds. The molecule has 0 bridgehead atoms. The van der Waals surface area contributed by atoms with Crippen LogP contribution < -0.4 is 4.90 Å². The van der Waals surface area contributed by atoms with Gasteiger partial charge in [0.1, 0.15) is 11.6 Å². The van der Waals surface area contributed by atoms with Gasteiger partial charge in [-0.1, -0.05) is 81.1 Å². The number of rotatable bonds is 5. The summed E-state index contributed by atoms with van der Waals surface area (Å²) in [7, 11) is 0. The van der Waals surface area contributed by atoms with Gasteiger partial charge in [-0.2, -0.15) is 0 Å². The van der Waals surface area contributed by atoms with Crippen LogP contribution in [-0.2, 0) is 5.41 Å². The summed E-state index contributed by atoms with van der Waals surface area (Å²) in [5.74, 6) is 1.54. The van der Waals surface area contributed by atoms with E-state index in [1.165, 1.54) is 10.8 Å². The highest BCUT2D eigenvalue weighted by Gasteiger charge is 2.38. The second-order valence-electron chi connectivity index (χ2n) is 9.97. The summed E-state index contributed by atoms with van der Waals surface area (Å²) in [6.07, 6.45) is 5.63. The number of aromatic nitrogens is 2. The number of anilines is 2. The minimum Gasteiger partial charge on any atom is -0.278 e. The lowest BCUT2D eigenvalue weighted by molar-refractivity contribution is 0.616. The topological polar surface area (TPSA) is 41.4 Å². The Morgan fingerprint density at radius 1 is 0.789 bits per heavy atom. The summed E-state index contributed by atoms with van der Waals surface area (Å²) in [4.78, 5) is 16.0. The number of allylic oxidation sites excluding steroid dienone is 2. The van der Waals surface area contributed by atoms with Crippen LogP contribution in [0.5, 0.6) is 0 Å². The molecule has 6 rings (SSSR count).